The van der Waals surface area contributed by atoms with Crippen LogP contribution in [0.2, 0.25) is 5.02 Å². The Morgan fingerprint density at radius 2 is 2.00 bits per heavy atom. The van der Waals surface area contributed by atoms with Crippen LogP contribution in [-0.4, -0.2) is 40.3 Å². The first-order valence-electron chi connectivity index (χ1n) is 9.26. The lowest BCUT2D eigenvalue weighted by Crippen LogP contribution is -2.48. The molecule has 1 aromatic rings. The summed E-state index contributed by atoms with van der Waals surface area (Å²) in [4.78, 5) is 12.6. The SMILES string of the molecule is CCCC[C@H](CC)CNC(=O)[C@@H](C)N(c1ccc(OC)c(Cl)c1)S(C)(=O)=O. The third-order valence-corrected chi connectivity index (χ3v) is 6.12. The van der Waals surface area contributed by atoms with Crippen molar-refractivity contribution in [3.05, 3.63) is 23.2 Å². The van der Waals surface area contributed by atoms with Crippen molar-refractivity contribution in [1.29, 1.82) is 0 Å². The van der Waals surface area contributed by atoms with Crippen LogP contribution in [0.5, 0.6) is 5.75 Å². The van der Waals surface area contributed by atoms with E-state index < -0.39 is 16.1 Å². The molecule has 0 saturated carbocycles. The van der Waals surface area contributed by atoms with Crippen molar-refractivity contribution in [2.75, 3.05) is 24.2 Å². The summed E-state index contributed by atoms with van der Waals surface area (Å²) in [6.45, 7) is 6.34. The van der Waals surface area contributed by atoms with E-state index in [0.717, 1.165) is 36.2 Å². The number of sulfonamides is 1. The van der Waals surface area contributed by atoms with Gasteiger partial charge in [0.15, 0.2) is 0 Å². The second-order valence-electron chi connectivity index (χ2n) is 6.72. The van der Waals surface area contributed by atoms with E-state index in [1.54, 1.807) is 19.1 Å². The molecule has 1 N–H and O–H groups in total. The van der Waals surface area contributed by atoms with Gasteiger partial charge in [-0.25, -0.2) is 8.42 Å². The molecule has 0 heterocycles. The van der Waals surface area contributed by atoms with Crippen LogP contribution in [0.1, 0.15) is 46.5 Å². The summed E-state index contributed by atoms with van der Waals surface area (Å²) in [7, 11) is -2.20. The van der Waals surface area contributed by atoms with Gasteiger partial charge in [-0.15, -0.1) is 0 Å². The fraction of sp³-hybridized carbons (Fsp3) is 0.632. The fourth-order valence-corrected chi connectivity index (χ4v) is 4.36. The van der Waals surface area contributed by atoms with Gasteiger partial charge in [-0.1, -0.05) is 44.7 Å². The molecular formula is C19H31ClN2O4S. The Labute approximate surface area is 168 Å². The topological polar surface area (TPSA) is 75.7 Å². The molecule has 0 bridgehead atoms. The van der Waals surface area contributed by atoms with Gasteiger partial charge in [0.1, 0.15) is 11.8 Å². The summed E-state index contributed by atoms with van der Waals surface area (Å²) in [6, 6.07) is 3.75. The molecule has 0 fully saturated rings. The van der Waals surface area contributed by atoms with Gasteiger partial charge in [0.2, 0.25) is 15.9 Å². The largest absolute Gasteiger partial charge is 0.495 e. The summed E-state index contributed by atoms with van der Waals surface area (Å²) in [5.74, 6) is 0.498. The van der Waals surface area contributed by atoms with Gasteiger partial charge < -0.3 is 10.1 Å². The monoisotopic (exact) mass is 418 g/mol. The highest BCUT2D eigenvalue weighted by Gasteiger charge is 2.29. The molecule has 27 heavy (non-hydrogen) atoms. The van der Waals surface area contributed by atoms with Crippen LogP contribution in [0.25, 0.3) is 0 Å². The minimum Gasteiger partial charge on any atom is -0.495 e. The lowest BCUT2D eigenvalue weighted by molar-refractivity contribution is -0.122. The van der Waals surface area contributed by atoms with Crippen LogP contribution in [-0.2, 0) is 14.8 Å². The number of carbonyl (C=O) groups is 1. The third-order valence-electron chi connectivity index (χ3n) is 4.59. The predicted molar refractivity (Wildman–Crippen MR) is 111 cm³/mol. The standard InChI is InChI=1S/C19H31ClN2O4S/c1-6-8-9-15(7-2)13-21-19(23)14(3)22(27(5,24)25)16-10-11-18(26-4)17(20)12-16/h10-12,14-15H,6-9,13H2,1-5H3,(H,21,23)/t14-,15+/m1/s1. The fourth-order valence-electron chi connectivity index (χ4n) is 2.94. The van der Waals surface area contributed by atoms with E-state index in [-0.39, 0.29) is 10.9 Å². The average Bonchev–Trinajstić information content (AvgIpc) is 2.60. The van der Waals surface area contributed by atoms with Gasteiger partial charge in [-0.2, -0.15) is 0 Å². The van der Waals surface area contributed by atoms with Crippen molar-refractivity contribution < 1.29 is 17.9 Å². The molecule has 0 spiro atoms. The molecule has 1 rings (SSSR count). The van der Waals surface area contributed by atoms with Crippen LogP contribution >= 0.6 is 11.6 Å². The number of nitrogens with one attached hydrogen (secondary N) is 1. The highest BCUT2D eigenvalue weighted by Crippen LogP contribution is 2.31. The Hall–Kier alpha value is -1.47. The van der Waals surface area contributed by atoms with Crippen LogP contribution < -0.4 is 14.4 Å². The van der Waals surface area contributed by atoms with Crippen molar-refractivity contribution in [1.82, 2.24) is 5.32 Å². The Bertz CT molecular complexity index is 724. The summed E-state index contributed by atoms with van der Waals surface area (Å²) in [5.41, 5.74) is 0.323. The minimum atomic E-state index is -3.68. The van der Waals surface area contributed by atoms with Crippen molar-refractivity contribution >= 4 is 33.2 Å². The molecule has 0 aromatic heterocycles. The van der Waals surface area contributed by atoms with Gasteiger partial charge in [0.25, 0.3) is 0 Å². The van der Waals surface area contributed by atoms with Gasteiger partial charge >= 0.3 is 0 Å². The maximum atomic E-state index is 12.6. The molecule has 0 saturated heterocycles. The number of methoxy groups -OCH3 is 1. The Morgan fingerprint density at radius 3 is 2.48 bits per heavy atom. The minimum absolute atomic E-state index is 0.280. The van der Waals surface area contributed by atoms with E-state index in [2.05, 4.69) is 19.2 Å². The Balaban J connectivity index is 2.97. The van der Waals surface area contributed by atoms with Crippen LogP contribution in [0.3, 0.4) is 0 Å². The van der Waals surface area contributed by atoms with Crippen molar-refractivity contribution in [2.24, 2.45) is 5.92 Å². The van der Waals surface area contributed by atoms with Crippen LogP contribution in [0.15, 0.2) is 18.2 Å². The van der Waals surface area contributed by atoms with Gasteiger partial charge in [0.05, 0.1) is 24.1 Å². The van der Waals surface area contributed by atoms with E-state index in [1.165, 1.54) is 13.2 Å². The second kappa shape index (κ2) is 10.8. The van der Waals surface area contributed by atoms with E-state index in [4.69, 9.17) is 16.3 Å². The first kappa shape index (κ1) is 23.6. The number of halogens is 1. The predicted octanol–water partition coefficient (Wildman–Crippen LogP) is 3.84. The quantitative estimate of drug-likeness (QED) is 0.592. The number of benzene rings is 1. The van der Waals surface area contributed by atoms with Gasteiger partial charge in [-0.05, 0) is 37.5 Å². The number of hydrogen-bond donors (Lipinski definition) is 1. The number of anilines is 1. The summed E-state index contributed by atoms with van der Waals surface area (Å²) >= 11 is 6.13. The number of nitrogens with zero attached hydrogens (tertiary/aromatic N) is 1. The number of unbranched alkanes of at least 4 members (excludes halogenated alkanes) is 1. The Kier molecular flexibility index (Phi) is 9.39. The number of rotatable bonds is 11. The lowest BCUT2D eigenvalue weighted by atomic mass is 9.99. The summed E-state index contributed by atoms with van der Waals surface area (Å²) in [6.07, 6.45) is 5.32. The van der Waals surface area contributed by atoms with Gasteiger partial charge in [0, 0.05) is 6.54 Å². The maximum absolute atomic E-state index is 12.6. The zero-order valence-electron chi connectivity index (χ0n) is 16.8. The zero-order chi connectivity index (χ0) is 20.6. The summed E-state index contributed by atoms with van der Waals surface area (Å²) < 4.78 is 30.9. The van der Waals surface area contributed by atoms with E-state index in [1.807, 2.05) is 0 Å². The molecule has 0 aliphatic heterocycles. The number of amides is 1. The van der Waals surface area contributed by atoms with Crippen LogP contribution in [0, 0.1) is 5.92 Å². The van der Waals surface area contributed by atoms with Crippen molar-refractivity contribution in [3.63, 3.8) is 0 Å². The highest BCUT2D eigenvalue weighted by molar-refractivity contribution is 7.92. The van der Waals surface area contributed by atoms with Crippen molar-refractivity contribution in [2.45, 2.75) is 52.5 Å². The maximum Gasteiger partial charge on any atom is 0.243 e. The summed E-state index contributed by atoms with van der Waals surface area (Å²) in [5, 5.41) is 3.18. The molecule has 0 aliphatic carbocycles. The average molecular weight is 419 g/mol. The molecule has 0 aliphatic rings. The smallest absolute Gasteiger partial charge is 0.243 e. The molecule has 8 heteroatoms. The van der Waals surface area contributed by atoms with Crippen molar-refractivity contribution in [3.8, 4) is 5.75 Å². The Morgan fingerprint density at radius 1 is 1.33 bits per heavy atom. The molecule has 0 radical (unpaired) electrons. The molecule has 1 aromatic carbocycles. The van der Waals surface area contributed by atoms with E-state index in [0.29, 0.717) is 23.9 Å². The number of carbonyl (C=O) groups excluding carboxylic acids is 1. The van der Waals surface area contributed by atoms with E-state index >= 15 is 0 Å². The first-order chi connectivity index (χ1) is 12.6. The second-order valence-corrected chi connectivity index (χ2v) is 8.98. The lowest BCUT2D eigenvalue weighted by Gasteiger charge is -2.29. The van der Waals surface area contributed by atoms with E-state index in [9.17, 15) is 13.2 Å². The molecule has 0 unspecified atom stereocenters. The normalized spacial score (nSPS) is 13.7. The third kappa shape index (κ3) is 6.88. The highest BCUT2D eigenvalue weighted by atomic mass is 35.5. The number of hydrogen-bond acceptors (Lipinski definition) is 4. The van der Waals surface area contributed by atoms with Crippen LogP contribution in [0.4, 0.5) is 5.69 Å². The molecule has 2 atom stereocenters. The molecular weight excluding hydrogens is 388 g/mol. The molecule has 6 nitrogen and oxygen atoms in total. The van der Waals surface area contributed by atoms with Gasteiger partial charge in [-0.3, -0.25) is 9.10 Å². The molecule has 154 valence electrons. The zero-order valence-corrected chi connectivity index (χ0v) is 18.4. The number of ether oxygens (including phenoxy) is 1. The first-order valence-corrected chi connectivity index (χ1v) is 11.5. The molecule has 1 amide bonds.